The number of benzene rings is 1. The van der Waals surface area contributed by atoms with Crippen LogP contribution in [0, 0.1) is 0 Å². The zero-order chi connectivity index (χ0) is 16.4. The molecule has 116 valence electrons. The van der Waals surface area contributed by atoms with Crippen LogP contribution in [0.15, 0.2) is 66.1 Å². The topological polar surface area (TPSA) is 78.9 Å². The molecule has 0 aliphatic rings. The summed E-state index contributed by atoms with van der Waals surface area (Å²) in [5, 5.41) is 9.56. The van der Waals surface area contributed by atoms with Crippen molar-refractivity contribution in [3.63, 3.8) is 0 Å². The molecule has 5 nitrogen and oxygen atoms in total. The molecule has 0 bridgehead atoms. The molecule has 0 saturated carbocycles. The van der Waals surface area contributed by atoms with Gasteiger partial charge in [0.25, 0.3) is 0 Å². The van der Waals surface area contributed by atoms with E-state index in [1.54, 1.807) is 29.5 Å². The highest BCUT2D eigenvalue weighted by Gasteiger charge is 2.06. The van der Waals surface area contributed by atoms with Crippen LogP contribution in [0.3, 0.4) is 0 Å². The van der Waals surface area contributed by atoms with E-state index >= 15 is 0 Å². The number of aliphatic hydroxyl groups excluding tert-OH is 1. The summed E-state index contributed by atoms with van der Waals surface area (Å²) in [5.74, 6) is -0.734. The fourth-order valence-electron chi connectivity index (χ4n) is 1.66. The number of anilines is 1. The molecule has 1 rings (SSSR count). The van der Waals surface area contributed by atoms with Gasteiger partial charge in [0.1, 0.15) is 0 Å². The molecule has 0 atom stereocenters. The Morgan fingerprint density at radius 1 is 1.50 bits per heavy atom. The van der Waals surface area contributed by atoms with Crippen molar-refractivity contribution in [1.29, 1.82) is 0 Å². The molecule has 0 saturated heterocycles. The summed E-state index contributed by atoms with van der Waals surface area (Å²) in [6.45, 7) is 5.01. The zero-order valence-electron chi connectivity index (χ0n) is 12.6. The molecule has 0 aliphatic carbocycles. The number of carbonyl (C=O) groups excluding carboxylic acids is 1. The number of nitrogens with two attached hydrogens (primary N) is 1. The fraction of sp³-hybridized carbons (Fsp3) is 0.176. The molecular formula is C17H21N3O2. The molecular weight excluding hydrogens is 278 g/mol. The summed E-state index contributed by atoms with van der Waals surface area (Å²) in [6, 6.07) is 7.64. The molecule has 3 N–H and O–H groups in total. The number of rotatable bonds is 8. The third-order valence-corrected chi connectivity index (χ3v) is 2.82. The fourth-order valence-corrected chi connectivity index (χ4v) is 1.66. The van der Waals surface area contributed by atoms with Crippen LogP contribution in [0.5, 0.6) is 0 Å². The highest BCUT2D eigenvalue weighted by atomic mass is 16.3. The summed E-state index contributed by atoms with van der Waals surface area (Å²) < 4.78 is 0. The van der Waals surface area contributed by atoms with E-state index in [0.29, 0.717) is 6.42 Å². The van der Waals surface area contributed by atoms with Gasteiger partial charge in [0, 0.05) is 31.4 Å². The minimum absolute atomic E-state index is 0.150. The van der Waals surface area contributed by atoms with Gasteiger partial charge in [0.05, 0.1) is 12.9 Å². The summed E-state index contributed by atoms with van der Waals surface area (Å²) in [7, 11) is 0. The van der Waals surface area contributed by atoms with Crippen molar-refractivity contribution < 1.29 is 9.90 Å². The lowest BCUT2D eigenvalue weighted by Crippen LogP contribution is -2.25. The van der Waals surface area contributed by atoms with Gasteiger partial charge < -0.3 is 15.7 Å². The Balaban J connectivity index is 2.87. The van der Waals surface area contributed by atoms with Crippen molar-refractivity contribution in [2.45, 2.75) is 13.3 Å². The van der Waals surface area contributed by atoms with Crippen molar-refractivity contribution >= 4 is 17.7 Å². The van der Waals surface area contributed by atoms with Crippen LogP contribution < -0.4 is 10.6 Å². The highest BCUT2D eigenvalue weighted by Crippen LogP contribution is 2.17. The van der Waals surface area contributed by atoms with E-state index in [4.69, 9.17) is 5.73 Å². The Kier molecular flexibility index (Phi) is 7.36. The average molecular weight is 299 g/mol. The van der Waals surface area contributed by atoms with Gasteiger partial charge in [-0.05, 0) is 23.8 Å². The van der Waals surface area contributed by atoms with Crippen LogP contribution in [0.2, 0.25) is 0 Å². The van der Waals surface area contributed by atoms with Crippen molar-refractivity contribution in [2.75, 3.05) is 11.6 Å². The van der Waals surface area contributed by atoms with Crippen LogP contribution in [-0.2, 0) is 11.2 Å². The van der Waals surface area contributed by atoms with E-state index in [0.717, 1.165) is 11.3 Å². The summed E-state index contributed by atoms with van der Waals surface area (Å²) in [5.41, 5.74) is 7.51. The minimum atomic E-state index is -0.407. The molecule has 5 heteroatoms. The molecule has 0 heterocycles. The van der Waals surface area contributed by atoms with Crippen LogP contribution in [0.4, 0.5) is 5.69 Å². The Morgan fingerprint density at radius 3 is 2.91 bits per heavy atom. The van der Waals surface area contributed by atoms with Gasteiger partial charge in [0.15, 0.2) is 11.5 Å². The highest BCUT2D eigenvalue weighted by molar-refractivity contribution is 5.91. The van der Waals surface area contributed by atoms with Gasteiger partial charge in [-0.3, -0.25) is 9.79 Å². The number of carbonyl (C=O) groups is 1. The molecule has 1 aromatic rings. The molecule has 0 unspecified atom stereocenters. The predicted octanol–water partition coefficient (Wildman–Crippen LogP) is 2.71. The Bertz CT molecular complexity index is 604. The van der Waals surface area contributed by atoms with Gasteiger partial charge in [0.2, 0.25) is 0 Å². The van der Waals surface area contributed by atoms with Crippen LogP contribution >= 0.6 is 0 Å². The SMILES string of the molecule is C=C/C=C\N=CCc1cccc(N(/C=C(/O)C(C)=O)CN)c1. The summed E-state index contributed by atoms with van der Waals surface area (Å²) in [4.78, 5) is 16.8. The van der Waals surface area contributed by atoms with Crippen molar-refractivity contribution in [2.24, 2.45) is 10.7 Å². The quantitative estimate of drug-likeness (QED) is 0.254. The first-order valence-electron chi connectivity index (χ1n) is 6.85. The van der Waals surface area contributed by atoms with Crippen molar-refractivity contribution in [1.82, 2.24) is 0 Å². The second-order valence-electron chi connectivity index (χ2n) is 4.51. The van der Waals surface area contributed by atoms with Crippen molar-refractivity contribution in [3.8, 4) is 0 Å². The standard InChI is InChI=1S/C17H21N3O2/c1-3-4-9-19-10-8-15-6-5-7-16(11-15)20(13-18)12-17(22)14(2)21/h3-7,9-12,22H,1,8,13,18H2,2H3/b9-4-,17-12+,19-10?. The third kappa shape index (κ3) is 5.76. The number of hydrogen-bond donors (Lipinski definition) is 2. The van der Waals surface area contributed by atoms with E-state index < -0.39 is 5.78 Å². The maximum Gasteiger partial charge on any atom is 0.195 e. The number of nitrogens with zero attached hydrogens (tertiary/aromatic N) is 2. The van der Waals surface area contributed by atoms with E-state index in [1.165, 1.54) is 13.1 Å². The third-order valence-electron chi connectivity index (χ3n) is 2.82. The summed E-state index contributed by atoms with van der Waals surface area (Å²) in [6.07, 6.45) is 8.85. The minimum Gasteiger partial charge on any atom is -0.503 e. The molecule has 0 aliphatic heterocycles. The lowest BCUT2D eigenvalue weighted by molar-refractivity contribution is -0.115. The number of aliphatic hydroxyl groups is 1. The number of ketones is 1. The first kappa shape index (κ1) is 17.4. The largest absolute Gasteiger partial charge is 0.503 e. The molecule has 0 aromatic heterocycles. The van der Waals surface area contributed by atoms with Crippen LogP contribution in [-0.4, -0.2) is 23.8 Å². The van der Waals surface area contributed by atoms with Gasteiger partial charge in [-0.15, -0.1) is 0 Å². The molecule has 0 fully saturated rings. The van der Waals surface area contributed by atoms with Gasteiger partial charge in [-0.25, -0.2) is 0 Å². The van der Waals surface area contributed by atoms with Gasteiger partial charge in [-0.1, -0.05) is 24.8 Å². The molecule has 0 radical (unpaired) electrons. The van der Waals surface area contributed by atoms with E-state index in [-0.39, 0.29) is 12.4 Å². The first-order chi connectivity index (χ1) is 10.6. The Morgan fingerprint density at radius 2 is 2.27 bits per heavy atom. The van der Waals surface area contributed by atoms with Crippen LogP contribution in [0.25, 0.3) is 0 Å². The maximum absolute atomic E-state index is 11.1. The molecule has 1 aromatic carbocycles. The van der Waals surface area contributed by atoms with E-state index in [9.17, 15) is 9.90 Å². The van der Waals surface area contributed by atoms with Gasteiger partial charge >= 0.3 is 0 Å². The molecule has 22 heavy (non-hydrogen) atoms. The normalized spacial score (nSPS) is 12.0. The lowest BCUT2D eigenvalue weighted by atomic mass is 10.1. The average Bonchev–Trinajstić information content (AvgIpc) is 2.52. The number of hydrogen-bond acceptors (Lipinski definition) is 5. The van der Waals surface area contributed by atoms with Gasteiger partial charge in [-0.2, -0.15) is 0 Å². The number of Topliss-reactive ketones (excluding diaryl/α,β-unsaturated/α-hetero) is 1. The summed E-state index contributed by atoms with van der Waals surface area (Å²) >= 11 is 0. The lowest BCUT2D eigenvalue weighted by Gasteiger charge is -2.19. The van der Waals surface area contributed by atoms with Crippen molar-refractivity contribution in [3.05, 3.63) is 66.7 Å². The number of aliphatic imine (C=N–C) groups is 1. The zero-order valence-corrected chi connectivity index (χ0v) is 12.6. The van der Waals surface area contributed by atoms with E-state index in [2.05, 4.69) is 11.6 Å². The molecule has 0 amide bonds. The second kappa shape index (κ2) is 9.31. The molecule has 0 spiro atoms. The number of allylic oxidation sites excluding steroid dienone is 3. The predicted molar refractivity (Wildman–Crippen MR) is 90.9 cm³/mol. The van der Waals surface area contributed by atoms with E-state index in [1.807, 2.05) is 24.3 Å². The first-order valence-corrected chi connectivity index (χ1v) is 6.85. The Labute approximate surface area is 130 Å². The second-order valence-corrected chi connectivity index (χ2v) is 4.51. The van der Waals surface area contributed by atoms with Crippen LogP contribution in [0.1, 0.15) is 12.5 Å². The maximum atomic E-state index is 11.1. The monoisotopic (exact) mass is 299 g/mol. The Hall–Kier alpha value is -2.66. The smallest absolute Gasteiger partial charge is 0.195 e.